The Morgan fingerprint density at radius 2 is 1.67 bits per heavy atom. The molecule has 0 saturated heterocycles. The van der Waals surface area contributed by atoms with Crippen molar-refractivity contribution in [1.82, 2.24) is 10.3 Å². The molecule has 0 spiro atoms. The lowest BCUT2D eigenvalue weighted by atomic mass is 9.94. The van der Waals surface area contributed by atoms with Crippen LogP contribution in [0.25, 0.3) is 38.6 Å². The number of benzene rings is 4. The van der Waals surface area contributed by atoms with Crippen LogP contribution >= 0.6 is 0 Å². The van der Waals surface area contributed by atoms with Gasteiger partial charge < -0.3 is 15.6 Å². The molecule has 3 N–H and O–H groups in total. The highest BCUT2D eigenvalue weighted by Gasteiger charge is 2.17. The molecule has 160 valence electrons. The van der Waals surface area contributed by atoms with Gasteiger partial charge in [-0.3, -0.25) is 4.79 Å². The van der Waals surface area contributed by atoms with Crippen LogP contribution < -0.4 is 10.6 Å². The monoisotopic (exact) mass is 429 g/mol. The number of fused-ring (bicyclic) bond motifs is 4. The van der Waals surface area contributed by atoms with Crippen molar-refractivity contribution < 1.29 is 4.79 Å². The van der Waals surface area contributed by atoms with Gasteiger partial charge in [-0.2, -0.15) is 0 Å². The second-order valence-electron chi connectivity index (χ2n) is 8.46. The first kappa shape index (κ1) is 19.4. The second-order valence-corrected chi connectivity index (χ2v) is 8.46. The van der Waals surface area contributed by atoms with E-state index in [0.29, 0.717) is 6.54 Å². The minimum Gasteiger partial charge on any atom is -0.354 e. The van der Waals surface area contributed by atoms with Crippen LogP contribution in [0.2, 0.25) is 0 Å². The minimum absolute atomic E-state index is 0.0145. The van der Waals surface area contributed by atoms with E-state index >= 15 is 0 Å². The number of hydrogen-bond acceptors (Lipinski definition) is 2. The first-order chi connectivity index (χ1) is 16.2. The van der Waals surface area contributed by atoms with Gasteiger partial charge in [0.1, 0.15) is 0 Å². The molecule has 0 aliphatic carbocycles. The van der Waals surface area contributed by atoms with Crippen LogP contribution in [0.1, 0.15) is 21.5 Å². The van der Waals surface area contributed by atoms with Crippen LogP contribution in [-0.4, -0.2) is 17.4 Å². The fourth-order valence-electron chi connectivity index (χ4n) is 4.67. The summed E-state index contributed by atoms with van der Waals surface area (Å²) in [6, 6.07) is 29.0. The van der Waals surface area contributed by atoms with Crippen molar-refractivity contribution in [2.45, 2.75) is 6.42 Å². The smallest absolute Gasteiger partial charge is 0.251 e. The number of para-hydroxylation sites is 1. The zero-order chi connectivity index (χ0) is 22.4. The molecule has 0 atom stereocenters. The molecule has 0 unspecified atom stereocenters. The fourth-order valence-corrected chi connectivity index (χ4v) is 4.67. The molecule has 5 aromatic rings. The van der Waals surface area contributed by atoms with Crippen LogP contribution in [-0.2, 0) is 6.42 Å². The van der Waals surface area contributed by atoms with E-state index in [0.717, 1.165) is 67.4 Å². The van der Waals surface area contributed by atoms with E-state index in [1.807, 2.05) is 36.4 Å². The summed E-state index contributed by atoms with van der Waals surface area (Å²) in [5.41, 5.74) is 9.07. The summed E-state index contributed by atoms with van der Waals surface area (Å²) in [5.74, 6) is 0.0145. The third-order valence-corrected chi connectivity index (χ3v) is 6.41. The maximum Gasteiger partial charge on any atom is 0.251 e. The van der Waals surface area contributed by atoms with E-state index in [4.69, 9.17) is 0 Å². The zero-order valence-electron chi connectivity index (χ0n) is 18.1. The number of aromatic amines is 1. The largest absolute Gasteiger partial charge is 0.354 e. The molecule has 6 rings (SSSR count). The van der Waals surface area contributed by atoms with Gasteiger partial charge in [0.15, 0.2) is 0 Å². The summed E-state index contributed by atoms with van der Waals surface area (Å²) >= 11 is 0. The van der Waals surface area contributed by atoms with E-state index in [1.54, 1.807) is 0 Å². The molecular weight excluding hydrogens is 406 g/mol. The number of carbonyl (C=O) groups excluding carboxylic acids is 1. The number of anilines is 1. The molecule has 0 radical (unpaired) electrons. The Bertz CT molecular complexity index is 1550. The number of carbonyl (C=O) groups is 1. The summed E-state index contributed by atoms with van der Waals surface area (Å²) in [4.78, 5) is 15.9. The molecule has 0 saturated carbocycles. The summed E-state index contributed by atoms with van der Waals surface area (Å²) in [7, 11) is 0. The van der Waals surface area contributed by atoms with Crippen molar-refractivity contribution in [3.63, 3.8) is 0 Å². The third-order valence-electron chi connectivity index (χ3n) is 6.41. The van der Waals surface area contributed by atoms with Crippen molar-refractivity contribution >= 4 is 39.1 Å². The summed E-state index contributed by atoms with van der Waals surface area (Å²) in [5, 5.41) is 8.72. The van der Waals surface area contributed by atoms with Crippen LogP contribution in [0.5, 0.6) is 0 Å². The van der Waals surface area contributed by atoms with Crippen LogP contribution in [0, 0.1) is 0 Å². The topological polar surface area (TPSA) is 56.9 Å². The predicted molar refractivity (Wildman–Crippen MR) is 136 cm³/mol. The Morgan fingerprint density at radius 1 is 0.848 bits per heavy atom. The predicted octanol–water partition coefficient (Wildman–Crippen LogP) is 6.36. The fraction of sp³-hybridized carbons (Fsp3) is 0.0690. The van der Waals surface area contributed by atoms with Crippen molar-refractivity contribution in [2.75, 3.05) is 11.9 Å². The summed E-state index contributed by atoms with van der Waals surface area (Å²) in [6.45, 7) is 4.93. The number of aromatic nitrogens is 1. The standard InChI is InChI=1S/C29H23N3O/c1-18(19-6-3-2-4-7-19)31-27-9-5-8-23-25-17-22(12-13-26(25)32-28(23)27)21-11-10-20-14-15-30-29(33)24(20)16-21/h2-13,16-17,31-32H,1,14-15H2,(H,30,33). The maximum atomic E-state index is 12.3. The number of amides is 1. The van der Waals surface area contributed by atoms with E-state index in [1.165, 1.54) is 0 Å². The molecule has 33 heavy (non-hydrogen) atoms. The van der Waals surface area contributed by atoms with Crippen LogP contribution in [0.4, 0.5) is 5.69 Å². The molecule has 4 aromatic carbocycles. The third kappa shape index (κ3) is 3.37. The Kier molecular flexibility index (Phi) is 4.51. The van der Waals surface area contributed by atoms with Gasteiger partial charge in [-0.1, -0.05) is 67.2 Å². The highest BCUT2D eigenvalue weighted by Crippen LogP contribution is 2.35. The zero-order valence-corrected chi connectivity index (χ0v) is 18.1. The summed E-state index contributed by atoms with van der Waals surface area (Å²) in [6.07, 6.45) is 0.882. The molecule has 1 aliphatic rings. The first-order valence-corrected chi connectivity index (χ1v) is 11.1. The quantitative estimate of drug-likeness (QED) is 0.311. The van der Waals surface area contributed by atoms with Crippen LogP contribution in [0.15, 0.2) is 91.5 Å². The van der Waals surface area contributed by atoms with E-state index in [9.17, 15) is 4.79 Å². The first-order valence-electron chi connectivity index (χ1n) is 11.1. The van der Waals surface area contributed by atoms with Gasteiger partial charge in [-0.15, -0.1) is 0 Å². The van der Waals surface area contributed by atoms with Gasteiger partial charge in [0.2, 0.25) is 0 Å². The number of H-pyrrole nitrogens is 1. The van der Waals surface area contributed by atoms with Crippen molar-refractivity contribution in [2.24, 2.45) is 0 Å². The van der Waals surface area contributed by atoms with E-state index < -0.39 is 0 Å². The number of rotatable bonds is 4. The lowest BCUT2D eigenvalue weighted by Crippen LogP contribution is -2.31. The van der Waals surface area contributed by atoms with Gasteiger partial charge >= 0.3 is 0 Å². The molecule has 0 fully saturated rings. The average molecular weight is 430 g/mol. The second kappa shape index (κ2) is 7.68. The maximum absolute atomic E-state index is 12.3. The van der Waals surface area contributed by atoms with Gasteiger partial charge in [-0.05, 0) is 52.9 Å². The molecule has 4 heteroatoms. The molecule has 4 nitrogen and oxygen atoms in total. The normalized spacial score (nSPS) is 13.0. The molecule has 0 bridgehead atoms. The van der Waals surface area contributed by atoms with Crippen molar-refractivity contribution in [3.05, 3.63) is 108 Å². The molecular formula is C29H23N3O. The van der Waals surface area contributed by atoms with Crippen molar-refractivity contribution in [1.29, 1.82) is 0 Å². The number of nitrogens with one attached hydrogen (secondary N) is 3. The van der Waals surface area contributed by atoms with Gasteiger partial charge in [-0.25, -0.2) is 0 Å². The molecule has 1 aromatic heterocycles. The van der Waals surface area contributed by atoms with E-state index in [2.05, 4.69) is 70.7 Å². The Morgan fingerprint density at radius 3 is 2.55 bits per heavy atom. The minimum atomic E-state index is 0.0145. The van der Waals surface area contributed by atoms with Crippen molar-refractivity contribution in [3.8, 4) is 11.1 Å². The Labute approximate surface area is 192 Å². The lowest BCUT2D eigenvalue weighted by Gasteiger charge is -2.17. The summed E-state index contributed by atoms with van der Waals surface area (Å²) < 4.78 is 0. The average Bonchev–Trinajstić information content (AvgIpc) is 3.24. The van der Waals surface area contributed by atoms with Crippen LogP contribution in [0.3, 0.4) is 0 Å². The van der Waals surface area contributed by atoms with Gasteiger partial charge in [0, 0.05) is 34.1 Å². The van der Waals surface area contributed by atoms with E-state index in [-0.39, 0.29) is 5.91 Å². The Hall–Kier alpha value is -4.31. The highest BCUT2D eigenvalue weighted by atomic mass is 16.1. The Balaban J connectivity index is 1.41. The molecule has 1 amide bonds. The molecule has 2 heterocycles. The molecule has 1 aliphatic heterocycles. The van der Waals surface area contributed by atoms with Gasteiger partial charge in [0.05, 0.1) is 11.2 Å². The SMILES string of the molecule is C=C(Nc1cccc2c1[nH]c1ccc(-c3ccc4c(c3)C(=O)NCC4)cc12)c1ccccc1. The number of hydrogen-bond donors (Lipinski definition) is 3. The van der Waals surface area contributed by atoms with Gasteiger partial charge in [0.25, 0.3) is 5.91 Å². The highest BCUT2D eigenvalue weighted by molar-refractivity contribution is 6.13. The lowest BCUT2D eigenvalue weighted by molar-refractivity contribution is 0.0946.